The van der Waals surface area contributed by atoms with E-state index in [9.17, 15) is 19.2 Å². The lowest BCUT2D eigenvalue weighted by molar-refractivity contribution is -0.142. The summed E-state index contributed by atoms with van der Waals surface area (Å²) in [5, 5.41) is 3.88. The van der Waals surface area contributed by atoms with E-state index in [2.05, 4.69) is 13.8 Å². The molecule has 0 saturated carbocycles. The molecule has 1 fully saturated rings. The predicted octanol–water partition coefficient (Wildman–Crippen LogP) is 1.39. The number of nitrogens with one attached hydrogen (secondary N) is 2. The van der Waals surface area contributed by atoms with Gasteiger partial charge in [0.1, 0.15) is 0 Å². The van der Waals surface area contributed by atoms with Gasteiger partial charge in [0.25, 0.3) is 0 Å². The van der Waals surface area contributed by atoms with Crippen LogP contribution in [-0.2, 0) is 14.4 Å². The van der Waals surface area contributed by atoms with Crippen molar-refractivity contribution in [2.24, 2.45) is 17.8 Å². The minimum absolute atomic E-state index is 0.125. The Labute approximate surface area is 118 Å². The zero-order chi connectivity index (χ0) is 15.3. The van der Waals surface area contributed by atoms with Gasteiger partial charge >= 0.3 is 6.03 Å². The summed E-state index contributed by atoms with van der Waals surface area (Å²) >= 11 is 0. The van der Waals surface area contributed by atoms with Crippen molar-refractivity contribution >= 4 is 23.6 Å². The Morgan fingerprint density at radius 2 is 1.60 bits per heavy atom. The molecule has 112 valence electrons. The molecule has 1 saturated heterocycles. The van der Waals surface area contributed by atoms with Gasteiger partial charge in [-0.3, -0.25) is 25.0 Å². The molecule has 1 atom stereocenters. The van der Waals surface area contributed by atoms with E-state index in [-0.39, 0.29) is 12.3 Å². The third-order valence-corrected chi connectivity index (χ3v) is 3.35. The van der Waals surface area contributed by atoms with Crippen molar-refractivity contribution < 1.29 is 19.2 Å². The monoisotopic (exact) mass is 282 g/mol. The van der Waals surface area contributed by atoms with Crippen molar-refractivity contribution in [3.63, 3.8) is 0 Å². The Kier molecular flexibility index (Phi) is 5.85. The smallest absolute Gasteiger partial charge is 0.298 e. The summed E-state index contributed by atoms with van der Waals surface area (Å²) in [6.07, 6.45) is 3.18. The molecule has 0 aromatic heterocycles. The minimum atomic E-state index is -1.39. The van der Waals surface area contributed by atoms with Crippen molar-refractivity contribution in [1.29, 1.82) is 0 Å². The molecule has 0 spiro atoms. The highest BCUT2D eigenvalue weighted by Crippen LogP contribution is 2.18. The lowest BCUT2D eigenvalue weighted by Crippen LogP contribution is -2.58. The summed E-state index contributed by atoms with van der Waals surface area (Å²) in [6.45, 7) is 6.22. The summed E-state index contributed by atoms with van der Waals surface area (Å²) in [5.74, 6) is -2.71. The number of ketones is 1. The van der Waals surface area contributed by atoms with Crippen LogP contribution in [0.4, 0.5) is 4.79 Å². The molecule has 1 unspecified atom stereocenters. The van der Waals surface area contributed by atoms with Gasteiger partial charge in [-0.2, -0.15) is 0 Å². The molecular weight excluding hydrogens is 260 g/mol. The van der Waals surface area contributed by atoms with Gasteiger partial charge in [-0.1, -0.05) is 40.0 Å². The van der Waals surface area contributed by atoms with E-state index < -0.39 is 29.5 Å². The second-order valence-corrected chi connectivity index (χ2v) is 5.84. The number of hydrogen-bond donors (Lipinski definition) is 2. The Morgan fingerprint density at radius 3 is 2.10 bits per heavy atom. The molecule has 0 bridgehead atoms. The molecule has 6 nitrogen and oxygen atoms in total. The van der Waals surface area contributed by atoms with Gasteiger partial charge in [0.2, 0.25) is 11.8 Å². The molecule has 0 aliphatic carbocycles. The van der Waals surface area contributed by atoms with Crippen LogP contribution in [0.5, 0.6) is 0 Å². The Morgan fingerprint density at radius 1 is 1.05 bits per heavy atom. The fourth-order valence-electron chi connectivity index (χ4n) is 2.25. The van der Waals surface area contributed by atoms with Crippen molar-refractivity contribution in [2.75, 3.05) is 0 Å². The molecule has 6 heteroatoms. The van der Waals surface area contributed by atoms with E-state index in [1.54, 1.807) is 0 Å². The highest BCUT2D eigenvalue weighted by molar-refractivity contribution is 6.26. The second-order valence-electron chi connectivity index (χ2n) is 5.84. The molecule has 2 N–H and O–H groups in total. The number of hydrogen-bond acceptors (Lipinski definition) is 4. The number of amides is 4. The highest BCUT2D eigenvalue weighted by atomic mass is 16.2. The van der Waals surface area contributed by atoms with E-state index in [0.29, 0.717) is 5.92 Å². The van der Waals surface area contributed by atoms with Gasteiger partial charge < -0.3 is 0 Å². The third-order valence-electron chi connectivity index (χ3n) is 3.35. The lowest BCUT2D eigenvalue weighted by atomic mass is 9.90. The van der Waals surface area contributed by atoms with Gasteiger partial charge in [-0.15, -0.1) is 0 Å². The topological polar surface area (TPSA) is 92.3 Å². The number of carbonyl (C=O) groups is 4. The van der Waals surface area contributed by atoms with E-state index in [1.807, 2.05) is 17.6 Å². The zero-order valence-electron chi connectivity index (χ0n) is 12.2. The first-order valence-corrected chi connectivity index (χ1v) is 6.99. The maximum Gasteiger partial charge on any atom is 0.328 e. The molecule has 0 radical (unpaired) electrons. The molecule has 0 aromatic carbocycles. The molecular formula is C14H22N2O4. The van der Waals surface area contributed by atoms with Crippen LogP contribution in [0.15, 0.2) is 0 Å². The van der Waals surface area contributed by atoms with Crippen molar-refractivity contribution in [1.82, 2.24) is 10.6 Å². The zero-order valence-corrected chi connectivity index (χ0v) is 12.2. The van der Waals surface area contributed by atoms with Crippen molar-refractivity contribution in [3.8, 4) is 0 Å². The van der Waals surface area contributed by atoms with E-state index >= 15 is 0 Å². The quantitative estimate of drug-likeness (QED) is 0.690. The highest BCUT2D eigenvalue weighted by Gasteiger charge is 2.39. The van der Waals surface area contributed by atoms with Crippen LogP contribution in [0, 0.1) is 17.8 Å². The van der Waals surface area contributed by atoms with Crippen LogP contribution in [0.3, 0.4) is 0 Å². The third kappa shape index (κ3) is 4.75. The molecule has 1 aliphatic heterocycles. The average molecular weight is 282 g/mol. The van der Waals surface area contributed by atoms with Crippen LogP contribution < -0.4 is 10.6 Å². The van der Waals surface area contributed by atoms with Crippen LogP contribution in [-0.4, -0.2) is 23.6 Å². The number of barbiturate groups is 1. The Hall–Kier alpha value is -1.72. The summed E-state index contributed by atoms with van der Waals surface area (Å²) < 4.78 is 0. The van der Waals surface area contributed by atoms with Crippen molar-refractivity contribution in [2.45, 2.75) is 46.5 Å². The molecule has 1 rings (SSSR count). The summed E-state index contributed by atoms with van der Waals surface area (Å²) in [5.41, 5.74) is 0. The lowest BCUT2D eigenvalue weighted by Gasteiger charge is -2.21. The summed E-state index contributed by atoms with van der Waals surface area (Å²) in [7, 11) is 0. The van der Waals surface area contributed by atoms with Gasteiger partial charge in [0.15, 0.2) is 11.7 Å². The van der Waals surface area contributed by atoms with Crippen LogP contribution >= 0.6 is 0 Å². The SMILES string of the molecule is CC(C)CCCC(C)CC(=O)C1C(=O)NC(=O)NC1=O. The normalized spacial score (nSPS) is 17.9. The number of carbonyl (C=O) groups excluding carboxylic acids is 4. The van der Waals surface area contributed by atoms with E-state index in [0.717, 1.165) is 19.3 Å². The van der Waals surface area contributed by atoms with Crippen LogP contribution in [0.1, 0.15) is 46.5 Å². The fraction of sp³-hybridized carbons (Fsp3) is 0.714. The molecule has 20 heavy (non-hydrogen) atoms. The first-order valence-electron chi connectivity index (χ1n) is 6.99. The standard InChI is InChI=1S/C14H22N2O4/c1-8(2)5-4-6-9(3)7-10(17)11-12(18)15-14(20)16-13(11)19/h8-9,11H,4-7H2,1-3H3,(H2,15,16,18,19,20). The van der Waals surface area contributed by atoms with Crippen LogP contribution in [0.2, 0.25) is 0 Å². The summed E-state index contributed by atoms with van der Waals surface area (Å²) in [4.78, 5) is 46.0. The van der Waals surface area contributed by atoms with Gasteiger partial charge in [0.05, 0.1) is 0 Å². The maximum absolute atomic E-state index is 12.0. The van der Waals surface area contributed by atoms with E-state index in [1.165, 1.54) is 0 Å². The second kappa shape index (κ2) is 7.17. The molecule has 1 aliphatic rings. The number of imide groups is 2. The largest absolute Gasteiger partial charge is 0.328 e. The predicted molar refractivity (Wildman–Crippen MR) is 72.6 cm³/mol. The van der Waals surface area contributed by atoms with E-state index in [4.69, 9.17) is 0 Å². The minimum Gasteiger partial charge on any atom is -0.298 e. The number of Topliss-reactive ketones (excluding diaryl/α,β-unsaturated/α-hetero) is 1. The fourth-order valence-corrected chi connectivity index (χ4v) is 2.25. The van der Waals surface area contributed by atoms with Crippen LogP contribution in [0.25, 0.3) is 0 Å². The molecule has 0 aromatic rings. The number of urea groups is 1. The number of rotatable bonds is 7. The molecule has 4 amide bonds. The van der Waals surface area contributed by atoms with Gasteiger partial charge in [-0.05, 0) is 11.8 Å². The first kappa shape index (κ1) is 16.3. The van der Waals surface area contributed by atoms with Crippen molar-refractivity contribution in [3.05, 3.63) is 0 Å². The first-order chi connectivity index (χ1) is 9.31. The molecule has 1 heterocycles. The Bertz CT molecular complexity index is 397. The maximum atomic E-state index is 12.0. The average Bonchev–Trinajstić information content (AvgIpc) is 2.26. The Balaban J connectivity index is 2.47. The summed E-state index contributed by atoms with van der Waals surface area (Å²) in [6, 6.07) is -0.867. The van der Waals surface area contributed by atoms with Gasteiger partial charge in [0, 0.05) is 6.42 Å². The van der Waals surface area contributed by atoms with Gasteiger partial charge in [-0.25, -0.2) is 4.79 Å².